The van der Waals surface area contributed by atoms with Gasteiger partial charge in [-0.25, -0.2) is 9.78 Å². The Hall–Kier alpha value is -2.03. The number of esters is 1. The van der Waals surface area contributed by atoms with Crippen molar-refractivity contribution in [1.29, 1.82) is 0 Å². The number of nitrogens with two attached hydrogens (primary N) is 1. The van der Waals surface area contributed by atoms with E-state index in [4.69, 9.17) is 10.5 Å². The summed E-state index contributed by atoms with van der Waals surface area (Å²) in [5, 5.41) is 0. The summed E-state index contributed by atoms with van der Waals surface area (Å²) >= 11 is 0. The molecular weight excluding hydrogens is 281 g/mol. The predicted molar refractivity (Wildman–Crippen MR) is 61.3 cm³/mol. The number of alkyl halides is 3. The van der Waals surface area contributed by atoms with Crippen LogP contribution in [0.2, 0.25) is 0 Å². The molecule has 1 aromatic heterocycles. The number of halogens is 3. The van der Waals surface area contributed by atoms with Gasteiger partial charge in [0.05, 0.1) is 13.7 Å². The Balaban J connectivity index is 3.39. The molecule has 20 heavy (non-hydrogen) atoms. The van der Waals surface area contributed by atoms with E-state index >= 15 is 0 Å². The third-order valence-electron chi connectivity index (χ3n) is 2.19. The maximum Gasteiger partial charge on any atom is 0.574 e. The summed E-state index contributed by atoms with van der Waals surface area (Å²) in [4.78, 5) is 15.2. The number of carbonyl (C=O) groups is 1. The van der Waals surface area contributed by atoms with Gasteiger partial charge in [-0.15, -0.1) is 13.2 Å². The fraction of sp³-hybridized carbons (Fsp3) is 0.455. The topological polar surface area (TPSA) is 83.7 Å². The van der Waals surface area contributed by atoms with Gasteiger partial charge in [0.2, 0.25) is 5.88 Å². The standard InChI is InChI=1S/C11H13F3N2O4/c1-3-19-10(17)7-8(18-2)6(4-15)5-16-9(7)20-11(12,13)14/h5H,3-4,15H2,1-2H3. The van der Waals surface area contributed by atoms with Crippen LogP contribution in [0.3, 0.4) is 0 Å². The molecule has 0 radical (unpaired) electrons. The lowest BCUT2D eigenvalue weighted by Gasteiger charge is -2.16. The molecule has 6 nitrogen and oxygen atoms in total. The zero-order valence-electron chi connectivity index (χ0n) is 10.8. The Morgan fingerprint density at radius 3 is 2.55 bits per heavy atom. The highest BCUT2D eigenvalue weighted by Gasteiger charge is 2.36. The van der Waals surface area contributed by atoms with Crippen LogP contribution in [-0.2, 0) is 11.3 Å². The molecule has 0 spiro atoms. The Bertz CT molecular complexity index is 491. The molecule has 0 unspecified atom stereocenters. The van der Waals surface area contributed by atoms with Crippen LogP contribution in [-0.4, -0.2) is 31.0 Å². The van der Waals surface area contributed by atoms with Gasteiger partial charge in [0.1, 0.15) is 5.75 Å². The van der Waals surface area contributed by atoms with Crippen LogP contribution in [0.4, 0.5) is 13.2 Å². The Kier molecular flexibility index (Phi) is 5.14. The minimum Gasteiger partial charge on any atom is -0.495 e. The van der Waals surface area contributed by atoms with E-state index in [1.54, 1.807) is 0 Å². The smallest absolute Gasteiger partial charge is 0.495 e. The summed E-state index contributed by atoms with van der Waals surface area (Å²) in [5.41, 5.74) is 5.12. The van der Waals surface area contributed by atoms with Gasteiger partial charge in [0, 0.05) is 18.3 Å². The van der Waals surface area contributed by atoms with Crippen molar-refractivity contribution in [1.82, 2.24) is 4.98 Å². The second kappa shape index (κ2) is 6.42. The molecule has 0 saturated carbocycles. The van der Waals surface area contributed by atoms with Gasteiger partial charge >= 0.3 is 12.3 Å². The number of aromatic nitrogens is 1. The molecule has 1 aromatic rings. The first-order valence-electron chi connectivity index (χ1n) is 5.52. The average Bonchev–Trinajstić information content (AvgIpc) is 2.36. The van der Waals surface area contributed by atoms with Crippen LogP contribution in [0.15, 0.2) is 6.20 Å². The monoisotopic (exact) mass is 294 g/mol. The van der Waals surface area contributed by atoms with Gasteiger partial charge < -0.3 is 19.9 Å². The van der Waals surface area contributed by atoms with Crippen molar-refractivity contribution in [3.05, 3.63) is 17.3 Å². The van der Waals surface area contributed by atoms with E-state index in [1.165, 1.54) is 14.0 Å². The van der Waals surface area contributed by atoms with Crippen LogP contribution < -0.4 is 15.2 Å². The molecule has 0 aliphatic carbocycles. The second-order valence-corrected chi connectivity index (χ2v) is 3.47. The average molecular weight is 294 g/mol. The van der Waals surface area contributed by atoms with Crippen LogP contribution in [0.25, 0.3) is 0 Å². The summed E-state index contributed by atoms with van der Waals surface area (Å²) in [5.74, 6) is -2.13. The highest BCUT2D eigenvalue weighted by atomic mass is 19.4. The number of ether oxygens (including phenoxy) is 3. The molecule has 0 aliphatic rings. The van der Waals surface area contributed by atoms with Crippen molar-refractivity contribution in [3.8, 4) is 11.6 Å². The summed E-state index contributed by atoms with van der Waals surface area (Å²) in [6.07, 6.45) is -3.95. The zero-order chi connectivity index (χ0) is 15.3. The van der Waals surface area contributed by atoms with Crippen molar-refractivity contribution in [2.45, 2.75) is 19.8 Å². The number of hydrogen-bond donors (Lipinski definition) is 1. The van der Waals surface area contributed by atoms with E-state index in [1.807, 2.05) is 0 Å². The number of hydrogen-bond acceptors (Lipinski definition) is 6. The van der Waals surface area contributed by atoms with Gasteiger partial charge in [0.15, 0.2) is 5.56 Å². The lowest BCUT2D eigenvalue weighted by atomic mass is 10.1. The quantitative estimate of drug-likeness (QED) is 0.831. The van der Waals surface area contributed by atoms with Gasteiger partial charge in [0.25, 0.3) is 0 Å². The lowest BCUT2D eigenvalue weighted by Crippen LogP contribution is -2.21. The molecule has 2 N–H and O–H groups in total. The first-order valence-corrected chi connectivity index (χ1v) is 5.52. The van der Waals surface area contributed by atoms with E-state index < -0.39 is 23.8 Å². The van der Waals surface area contributed by atoms with Crippen LogP contribution in [0.1, 0.15) is 22.8 Å². The molecular formula is C11H13F3N2O4. The molecule has 0 fully saturated rings. The minimum atomic E-state index is -5.00. The lowest BCUT2D eigenvalue weighted by molar-refractivity contribution is -0.276. The molecule has 0 aliphatic heterocycles. The summed E-state index contributed by atoms with van der Waals surface area (Å²) in [7, 11) is 1.19. The SMILES string of the molecule is CCOC(=O)c1c(OC(F)(F)F)ncc(CN)c1OC. The highest BCUT2D eigenvalue weighted by Crippen LogP contribution is 2.33. The first kappa shape index (κ1) is 16.0. The molecule has 0 bridgehead atoms. The van der Waals surface area contributed by atoms with Crippen molar-refractivity contribution in [3.63, 3.8) is 0 Å². The third-order valence-corrected chi connectivity index (χ3v) is 2.19. The largest absolute Gasteiger partial charge is 0.574 e. The van der Waals surface area contributed by atoms with Crippen LogP contribution in [0.5, 0.6) is 11.6 Å². The van der Waals surface area contributed by atoms with Gasteiger partial charge in [-0.05, 0) is 6.92 Å². The van der Waals surface area contributed by atoms with E-state index in [0.29, 0.717) is 0 Å². The van der Waals surface area contributed by atoms with Crippen molar-refractivity contribution in [2.75, 3.05) is 13.7 Å². The summed E-state index contributed by atoms with van der Waals surface area (Å²) in [6.45, 7) is 1.41. The Morgan fingerprint density at radius 2 is 2.10 bits per heavy atom. The fourth-order valence-corrected chi connectivity index (χ4v) is 1.47. The first-order chi connectivity index (χ1) is 9.34. The molecule has 112 valence electrons. The van der Waals surface area contributed by atoms with E-state index in [9.17, 15) is 18.0 Å². The predicted octanol–water partition coefficient (Wildman–Crippen LogP) is 1.62. The molecule has 1 rings (SSSR count). The number of pyridine rings is 1. The number of rotatable bonds is 5. The fourth-order valence-electron chi connectivity index (χ4n) is 1.47. The third kappa shape index (κ3) is 3.73. The Labute approximate surface area is 112 Å². The van der Waals surface area contributed by atoms with E-state index in [-0.39, 0.29) is 24.5 Å². The zero-order valence-corrected chi connectivity index (χ0v) is 10.8. The minimum absolute atomic E-state index is 0.0275. The Morgan fingerprint density at radius 1 is 1.45 bits per heavy atom. The molecule has 0 saturated heterocycles. The molecule has 9 heteroatoms. The van der Waals surface area contributed by atoms with E-state index in [0.717, 1.165) is 6.20 Å². The second-order valence-electron chi connectivity index (χ2n) is 3.47. The van der Waals surface area contributed by atoms with Crippen molar-refractivity contribution >= 4 is 5.97 Å². The molecule has 0 atom stereocenters. The van der Waals surface area contributed by atoms with Crippen LogP contribution >= 0.6 is 0 Å². The molecule has 1 heterocycles. The maximum absolute atomic E-state index is 12.3. The van der Waals surface area contributed by atoms with Gasteiger partial charge in [-0.3, -0.25) is 0 Å². The van der Waals surface area contributed by atoms with Crippen molar-refractivity contribution < 1.29 is 32.2 Å². The summed E-state index contributed by atoms with van der Waals surface area (Å²) in [6, 6.07) is 0. The summed E-state index contributed by atoms with van der Waals surface area (Å²) < 4.78 is 50.2. The molecule has 0 amide bonds. The van der Waals surface area contributed by atoms with Gasteiger partial charge in [-0.1, -0.05) is 0 Å². The maximum atomic E-state index is 12.3. The van der Waals surface area contributed by atoms with Crippen LogP contribution in [0, 0.1) is 0 Å². The van der Waals surface area contributed by atoms with Gasteiger partial charge in [-0.2, -0.15) is 0 Å². The normalized spacial score (nSPS) is 11.1. The number of methoxy groups -OCH3 is 1. The van der Waals surface area contributed by atoms with Crippen molar-refractivity contribution in [2.24, 2.45) is 5.73 Å². The molecule has 0 aromatic carbocycles. The highest BCUT2D eigenvalue weighted by molar-refractivity contribution is 5.95. The number of nitrogens with zero attached hydrogens (tertiary/aromatic N) is 1. The number of carbonyl (C=O) groups excluding carboxylic acids is 1. The van der Waals surface area contributed by atoms with E-state index in [2.05, 4.69) is 14.5 Å².